The van der Waals surface area contributed by atoms with E-state index in [4.69, 9.17) is 9.47 Å². The largest absolute Gasteiger partial charge is 0.464 e. The molecule has 4 heteroatoms. The summed E-state index contributed by atoms with van der Waals surface area (Å²) in [6.07, 6.45) is 1.67. The summed E-state index contributed by atoms with van der Waals surface area (Å²) in [5.74, 6) is -0.771. The molecule has 0 bridgehead atoms. The number of ether oxygens (including phenoxy) is 2. The lowest BCUT2D eigenvalue weighted by Gasteiger charge is -2.24. The van der Waals surface area contributed by atoms with E-state index >= 15 is 0 Å². The number of carbonyl (C=O) groups excluding carboxylic acids is 2. The molecule has 1 aliphatic heterocycles. The third kappa shape index (κ3) is 2.40. The van der Waals surface area contributed by atoms with Crippen molar-refractivity contribution in [2.45, 2.75) is 25.2 Å². The summed E-state index contributed by atoms with van der Waals surface area (Å²) in [7, 11) is 0. The van der Waals surface area contributed by atoms with Gasteiger partial charge in [-0.3, -0.25) is 4.79 Å². The lowest BCUT2D eigenvalue weighted by atomic mass is 9.75. The monoisotopic (exact) mass is 310 g/mol. The molecule has 0 radical (unpaired) electrons. The molecule has 0 aliphatic carbocycles. The summed E-state index contributed by atoms with van der Waals surface area (Å²) in [4.78, 5) is 25.6. The molecule has 0 fully saturated rings. The van der Waals surface area contributed by atoms with Gasteiger partial charge in [-0.2, -0.15) is 0 Å². The number of para-hydroxylation sites is 1. The molecular formula is C19H18O4. The Labute approximate surface area is 135 Å². The minimum Gasteiger partial charge on any atom is -0.464 e. The van der Waals surface area contributed by atoms with E-state index in [-0.39, 0.29) is 0 Å². The predicted octanol–water partition coefficient (Wildman–Crippen LogP) is 3.24. The lowest BCUT2D eigenvalue weighted by Crippen LogP contribution is -2.44. The molecule has 1 aliphatic rings. The maximum absolute atomic E-state index is 12.9. The quantitative estimate of drug-likeness (QED) is 0.368. The summed E-state index contributed by atoms with van der Waals surface area (Å²) in [6.45, 7) is 2.30. The number of rotatable bonds is 5. The van der Waals surface area contributed by atoms with Crippen LogP contribution in [0.25, 0.3) is 0 Å². The number of hydrogen-bond acceptors (Lipinski definition) is 4. The molecule has 1 unspecified atom stereocenters. The van der Waals surface area contributed by atoms with Gasteiger partial charge < -0.3 is 9.47 Å². The molecule has 0 N–H and O–H groups in total. The summed E-state index contributed by atoms with van der Waals surface area (Å²) in [6, 6.07) is 15.9. The zero-order valence-electron chi connectivity index (χ0n) is 13.0. The first-order chi connectivity index (χ1) is 11.2. The predicted molar refractivity (Wildman–Crippen MR) is 85.2 cm³/mol. The maximum Gasteiger partial charge on any atom is 0.338 e. The highest BCUT2D eigenvalue weighted by molar-refractivity contribution is 6.13. The van der Waals surface area contributed by atoms with Crippen molar-refractivity contribution < 1.29 is 19.1 Å². The number of fused-ring (bicyclic) bond motifs is 1. The van der Waals surface area contributed by atoms with E-state index < -0.39 is 17.4 Å². The van der Waals surface area contributed by atoms with Gasteiger partial charge in [-0.15, -0.1) is 0 Å². The Kier molecular flexibility index (Phi) is 4.15. The van der Waals surface area contributed by atoms with Gasteiger partial charge in [-0.1, -0.05) is 61.9 Å². The molecule has 118 valence electrons. The maximum atomic E-state index is 12.9. The van der Waals surface area contributed by atoms with Gasteiger partial charge in [-0.05, 0) is 18.1 Å². The average Bonchev–Trinajstić information content (AvgIpc) is 2.88. The molecule has 23 heavy (non-hydrogen) atoms. The van der Waals surface area contributed by atoms with E-state index in [0.29, 0.717) is 23.5 Å². The Balaban J connectivity index is 2.12. The molecule has 1 atom stereocenters. The van der Waals surface area contributed by atoms with Gasteiger partial charge in [0, 0.05) is 5.56 Å². The number of carbonyl (C=O) groups is 2. The van der Waals surface area contributed by atoms with Gasteiger partial charge in [0.25, 0.3) is 0 Å². The Morgan fingerprint density at radius 1 is 1.09 bits per heavy atom. The summed E-state index contributed by atoms with van der Waals surface area (Å²) in [5.41, 5.74) is -0.430. The van der Waals surface area contributed by atoms with Crippen molar-refractivity contribution in [2.24, 2.45) is 0 Å². The molecule has 0 saturated carbocycles. The Hall–Kier alpha value is -2.62. The van der Waals surface area contributed by atoms with Crippen LogP contribution in [0.4, 0.5) is 0 Å². The zero-order valence-corrected chi connectivity index (χ0v) is 13.0. The number of benzene rings is 2. The smallest absolute Gasteiger partial charge is 0.338 e. The summed E-state index contributed by atoms with van der Waals surface area (Å²) < 4.78 is 10.8. The van der Waals surface area contributed by atoms with Crippen LogP contribution < -0.4 is 4.74 Å². The van der Waals surface area contributed by atoms with Crippen LogP contribution in [0.2, 0.25) is 0 Å². The molecule has 2 aromatic carbocycles. The van der Waals surface area contributed by atoms with E-state index in [1.807, 2.05) is 13.0 Å². The van der Waals surface area contributed by atoms with E-state index in [2.05, 4.69) is 0 Å². The minimum atomic E-state index is -1.54. The topological polar surface area (TPSA) is 52.6 Å². The summed E-state index contributed by atoms with van der Waals surface area (Å²) in [5, 5.41) is 0. The van der Waals surface area contributed by atoms with E-state index in [9.17, 15) is 9.59 Å². The van der Waals surface area contributed by atoms with Crippen molar-refractivity contribution in [3.63, 3.8) is 0 Å². The second-order valence-electron chi connectivity index (χ2n) is 5.49. The van der Waals surface area contributed by atoms with Crippen LogP contribution in [0.5, 0.6) is 5.75 Å². The van der Waals surface area contributed by atoms with Gasteiger partial charge in [0.1, 0.15) is 5.75 Å². The molecular weight excluding hydrogens is 292 g/mol. The second-order valence-corrected chi connectivity index (χ2v) is 5.49. The van der Waals surface area contributed by atoms with E-state index in [0.717, 1.165) is 12.8 Å². The Morgan fingerprint density at radius 2 is 1.78 bits per heavy atom. The van der Waals surface area contributed by atoms with E-state index in [1.165, 1.54) is 0 Å². The molecule has 1 heterocycles. The van der Waals surface area contributed by atoms with Crippen LogP contribution >= 0.6 is 0 Å². The van der Waals surface area contributed by atoms with Gasteiger partial charge in [0.15, 0.2) is 0 Å². The Bertz CT molecular complexity index is 723. The van der Waals surface area contributed by atoms with Crippen molar-refractivity contribution >= 4 is 11.9 Å². The first-order valence-corrected chi connectivity index (χ1v) is 7.75. The second kappa shape index (κ2) is 6.24. The molecule has 0 spiro atoms. The van der Waals surface area contributed by atoms with Crippen molar-refractivity contribution in [2.75, 3.05) is 6.61 Å². The number of hydrogen-bond donors (Lipinski definition) is 0. The minimum absolute atomic E-state index is 0.291. The van der Waals surface area contributed by atoms with Gasteiger partial charge in [-0.25, -0.2) is 4.79 Å². The molecule has 0 aromatic heterocycles. The third-order valence-corrected chi connectivity index (χ3v) is 4.04. The van der Waals surface area contributed by atoms with Gasteiger partial charge >= 0.3 is 11.9 Å². The van der Waals surface area contributed by atoms with Crippen LogP contribution in [-0.2, 0) is 19.7 Å². The van der Waals surface area contributed by atoms with Crippen LogP contribution in [0.3, 0.4) is 0 Å². The molecule has 4 nitrogen and oxygen atoms in total. The van der Waals surface area contributed by atoms with Gasteiger partial charge in [0.05, 0.1) is 6.61 Å². The summed E-state index contributed by atoms with van der Waals surface area (Å²) >= 11 is 0. The fourth-order valence-electron chi connectivity index (χ4n) is 2.84. The van der Waals surface area contributed by atoms with Crippen molar-refractivity contribution in [1.82, 2.24) is 0 Å². The van der Waals surface area contributed by atoms with Crippen molar-refractivity contribution in [3.05, 3.63) is 65.7 Å². The first kappa shape index (κ1) is 15.3. The molecule has 2 aromatic rings. The van der Waals surface area contributed by atoms with Crippen molar-refractivity contribution in [3.8, 4) is 5.75 Å². The molecule has 3 rings (SSSR count). The highest BCUT2D eigenvalue weighted by Crippen LogP contribution is 2.45. The van der Waals surface area contributed by atoms with Crippen LogP contribution in [0.15, 0.2) is 54.6 Å². The highest BCUT2D eigenvalue weighted by atomic mass is 16.6. The fraction of sp³-hybridized carbons (Fsp3) is 0.263. The highest BCUT2D eigenvalue weighted by Gasteiger charge is 2.57. The number of esters is 2. The Morgan fingerprint density at radius 3 is 2.52 bits per heavy atom. The van der Waals surface area contributed by atoms with Gasteiger partial charge in [0.2, 0.25) is 5.41 Å². The lowest BCUT2D eigenvalue weighted by molar-refractivity contribution is -0.156. The molecule has 0 saturated heterocycles. The van der Waals surface area contributed by atoms with Crippen LogP contribution in [0.1, 0.15) is 30.9 Å². The standard InChI is InChI=1S/C19H18O4/c1-2-3-13-22-17(20)19(14-9-5-4-6-10-14)15-11-7-8-12-16(15)23-18(19)21/h4-12H,2-3,13H2,1H3. The normalized spacial score (nSPS) is 19.1. The zero-order chi connectivity index (χ0) is 16.3. The van der Waals surface area contributed by atoms with Crippen molar-refractivity contribution in [1.29, 1.82) is 0 Å². The SMILES string of the molecule is CCCCOC(=O)C1(c2ccccc2)C(=O)Oc2ccccc21. The fourth-order valence-corrected chi connectivity index (χ4v) is 2.84. The average molecular weight is 310 g/mol. The van der Waals surface area contributed by atoms with Crippen LogP contribution in [-0.4, -0.2) is 18.5 Å². The third-order valence-electron chi connectivity index (χ3n) is 4.04. The van der Waals surface area contributed by atoms with E-state index in [1.54, 1.807) is 48.5 Å². The molecule has 0 amide bonds. The van der Waals surface area contributed by atoms with Crippen LogP contribution in [0, 0.1) is 0 Å². The number of unbranched alkanes of at least 4 members (excludes halogenated alkanes) is 1. The first-order valence-electron chi connectivity index (χ1n) is 7.75.